The van der Waals surface area contributed by atoms with Gasteiger partial charge in [-0.3, -0.25) is 4.79 Å². The van der Waals surface area contributed by atoms with Gasteiger partial charge in [0, 0.05) is 6.42 Å². The summed E-state index contributed by atoms with van der Waals surface area (Å²) < 4.78 is 5.16. The van der Waals surface area contributed by atoms with Crippen LogP contribution in [0.25, 0.3) is 0 Å². The molecule has 0 bridgehead atoms. The van der Waals surface area contributed by atoms with E-state index in [1.807, 2.05) is 6.92 Å². The molecular weight excluding hydrogens is 360 g/mol. The highest BCUT2D eigenvalue weighted by Crippen LogP contribution is 2.67. The first-order valence-electron chi connectivity index (χ1n) is 12.3. The van der Waals surface area contributed by atoms with Gasteiger partial charge in [-0.1, -0.05) is 32.4 Å². The van der Waals surface area contributed by atoms with Gasteiger partial charge in [0.25, 0.3) is 0 Å². The largest absolute Gasteiger partial charge is 0.466 e. The van der Waals surface area contributed by atoms with Gasteiger partial charge in [-0.05, 0) is 105 Å². The summed E-state index contributed by atoms with van der Waals surface area (Å²) in [6.45, 7) is 9.86. The molecule has 4 rings (SSSR count). The molecule has 29 heavy (non-hydrogen) atoms. The quantitative estimate of drug-likeness (QED) is 0.459. The maximum absolute atomic E-state index is 11.9. The number of ether oxygens (including phenoxy) is 1. The van der Waals surface area contributed by atoms with Crippen LogP contribution in [0.15, 0.2) is 11.6 Å². The van der Waals surface area contributed by atoms with Crippen LogP contribution in [0.2, 0.25) is 0 Å². The fourth-order valence-electron chi connectivity index (χ4n) is 8.40. The zero-order valence-corrected chi connectivity index (χ0v) is 19.1. The highest BCUT2D eigenvalue weighted by atomic mass is 16.5. The van der Waals surface area contributed by atoms with E-state index in [2.05, 4.69) is 26.8 Å². The number of rotatable bonds is 5. The van der Waals surface area contributed by atoms with Crippen LogP contribution in [0.1, 0.15) is 91.9 Å². The second-order valence-corrected chi connectivity index (χ2v) is 11.2. The fraction of sp³-hybridized carbons (Fsp3) is 0.885. The van der Waals surface area contributed by atoms with Crippen LogP contribution in [0.4, 0.5) is 0 Å². The lowest BCUT2D eigenvalue weighted by Gasteiger charge is -2.58. The lowest BCUT2D eigenvalue weighted by Crippen LogP contribution is -2.50. The predicted molar refractivity (Wildman–Crippen MR) is 116 cm³/mol. The molecule has 0 radical (unpaired) electrons. The Hall–Kier alpha value is -0.830. The number of carbonyl (C=O) groups is 1. The van der Waals surface area contributed by atoms with Gasteiger partial charge in [0.1, 0.15) is 0 Å². The standard InChI is InChI=1S/C26H42O3/c1-5-29-24(28)11-6-17(2)21-9-10-22-20-8-7-18-16-19(27)12-14-25(18,3)23(20)13-15-26(21,22)4/h7,17,19-23,27H,5-6,8-16H2,1-4H3/t17-,19+,20?,21-,22+,23+,25+,26-/m1/s1. The summed E-state index contributed by atoms with van der Waals surface area (Å²) in [6.07, 6.45) is 13.7. The van der Waals surface area contributed by atoms with E-state index in [0.717, 1.165) is 42.9 Å². The Kier molecular flexibility index (Phi) is 5.92. The summed E-state index contributed by atoms with van der Waals surface area (Å²) in [5, 5.41) is 10.2. The van der Waals surface area contributed by atoms with Crippen LogP contribution in [0.5, 0.6) is 0 Å². The first-order chi connectivity index (χ1) is 13.8. The van der Waals surface area contributed by atoms with Crippen LogP contribution < -0.4 is 0 Å². The molecule has 3 nitrogen and oxygen atoms in total. The van der Waals surface area contributed by atoms with E-state index in [4.69, 9.17) is 4.74 Å². The maximum atomic E-state index is 11.9. The summed E-state index contributed by atoms with van der Waals surface area (Å²) in [4.78, 5) is 11.9. The predicted octanol–water partition coefficient (Wildman–Crippen LogP) is 5.91. The van der Waals surface area contributed by atoms with Crippen molar-refractivity contribution in [2.45, 2.75) is 98.0 Å². The molecule has 164 valence electrons. The smallest absolute Gasteiger partial charge is 0.305 e. The average Bonchev–Trinajstić information content (AvgIpc) is 3.04. The third-order valence-electron chi connectivity index (χ3n) is 9.95. The lowest BCUT2D eigenvalue weighted by molar-refractivity contribution is -0.143. The SMILES string of the molecule is CCOC(=O)CC[C@@H](C)[C@H]1CC[C@H]2C3CC=C4C[C@@H](O)CC[C@]4(C)[C@H]3CC[C@]12C. The molecule has 0 amide bonds. The van der Waals surface area contributed by atoms with Crippen LogP contribution in [-0.4, -0.2) is 23.8 Å². The number of hydrogen-bond acceptors (Lipinski definition) is 3. The van der Waals surface area contributed by atoms with Crippen molar-refractivity contribution in [3.63, 3.8) is 0 Å². The molecule has 4 aliphatic rings. The van der Waals surface area contributed by atoms with E-state index < -0.39 is 0 Å². The molecule has 4 aliphatic carbocycles. The number of carbonyl (C=O) groups excluding carboxylic acids is 1. The Morgan fingerprint density at radius 3 is 2.76 bits per heavy atom. The van der Waals surface area contributed by atoms with Crippen molar-refractivity contribution >= 4 is 5.97 Å². The topological polar surface area (TPSA) is 46.5 Å². The molecule has 3 saturated carbocycles. The number of allylic oxidation sites excluding steroid dienone is 1. The van der Waals surface area contributed by atoms with E-state index in [-0.39, 0.29) is 12.1 Å². The molecule has 0 spiro atoms. The highest BCUT2D eigenvalue weighted by molar-refractivity contribution is 5.69. The van der Waals surface area contributed by atoms with Crippen molar-refractivity contribution in [3.8, 4) is 0 Å². The second-order valence-electron chi connectivity index (χ2n) is 11.2. The van der Waals surface area contributed by atoms with Crippen molar-refractivity contribution in [2.24, 2.45) is 40.4 Å². The second kappa shape index (κ2) is 8.02. The van der Waals surface area contributed by atoms with Crippen molar-refractivity contribution in [3.05, 3.63) is 11.6 Å². The van der Waals surface area contributed by atoms with Crippen LogP contribution in [0, 0.1) is 40.4 Å². The van der Waals surface area contributed by atoms with Crippen LogP contribution in [0.3, 0.4) is 0 Å². The van der Waals surface area contributed by atoms with E-state index in [9.17, 15) is 9.90 Å². The van der Waals surface area contributed by atoms with Gasteiger partial charge in [-0.15, -0.1) is 0 Å². The Balaban J connectivity index is 1.48. The Labute approximate surface area is 177 Å². The first kappa shape index (κ1) is 21.4. The molecule has 1 unspecified atom stereocenters. The zero-order chi connectivity index (χ0) is 20.8. The van der Waals surface area contributed by atoms with Crippen molar-refractivity contribution in [1.29, 1.82) is 0 Å². The van der Waals surface area contributed by atoms with Gasteiger partial charge >= 0.3 is 5.97 Å². The number of fused-ring (bicyclic) bond motifs is 5. The lowest BCUT2D eigenvalue weighted by atomic mass is 9.47. The highest BCUT2D eigenvalue weighted by Gasteiger charge is 2.59. The Morgan fingerprint density at radius 1 is 1.21 bits per heavy atom. The van der Waals surface area contributed by atoms with Gasteiger partial charge in [-0.2, -0.15) is 0 Å². The molecule has 8 atom stereocenters. The summed E-state index contributed by atoms with van der Waals surface area (Å²) >= 11 is 0. The molecule has 3 heteroatoms. The van der Waals surface area contributed by atoms with Gasteiger partial charge in [-0.25, -0.2) is 0 Å². The molecule has 0 aromatic carbocycles. The third-order valence-corrected chi connectivity index (χ3v) is 9.95. The minimum absolute atomic E-state index is 0.0277. The minimum Gasteiger partial charge on any atom is -0.466 e. The molecule has 0 aliphatic heterocycles. The van der Waals surface area contributed by atoms with Crippen molar-refractivity contribution < 1.29 is 14.6 Å². The van der Waals surface area contributed by atoms with Gasteiger partial charge in [0.15, 0.2) is 0 Å². The van der Waals surface area contributed by atoms with E-state index in [1.54, 1.807) is 5.57 Å². The molecular formula is C26H42O3. The molecule has 0 heterocycles. The van der Waals surface area contributed by atoms with Crippen LogP contribution >= 0.6 is 0 Å². The van der Waals surface area contributed by atoms with Crippen molar-refractivity contribution in [2.75, 3.05) is 6.61 Å². The van der Waals surface area contributed by atoms with Gasteiger partial charge in [0.2, 0.25) is 0 Å². The summed E-state index contributed by atoms with van der Waals surface area (Å²) in [6, 6.07) is 0. The Bertz CT molecular complexity index is 654. The van der Waals surface area contributed by atoms with Crippen molar-refractivity contribution in [1.82, 2.24) is 0 Å². The molecule has 0 saturated heterocycles. The zero-order valence-electron chi connectivity index (χ0n) is 19.1. The van der Waals surface area contributed by atoms with E-state index in [1.165, 1.54) is 38.5 Å². The molecule has 1 N–H and O–H groups in total. The number of hydrogen-bond donors (Lipinski definition) is 1. The van der Waals surface area contributed by atoms with E-state index >= 15 is 0 Å². The number of esters is 1. The first-order valence-corrected chi connectivity index (χ1v) is 12.3. The van der Waals surface area contributed by atoms with Gasteiger partial charge < -0.3 is 9.84 Å². The van der Waals surface area contributed by atoms with Crippen LogP contribution in [-0.2, 0) is 9.53 Å². The summed E-state index contributed by atoms with van der Waals surface area (Å²) in [5.41, 5.74) is 2.33. The van der Waals surface area contributed by atoms with Gasteiger partial charge in [0.05, 0.1) is 12.7 Å². The summed E-state index contributed by atoms with van der Waals surface area (Å²) in [7, 11) is 0. The monoisotopic (exact) mass is 402 g/mol. The maximum Gasteiger partial charge on any atom is 0.305 e. The Morgan fingerprint density at radius 2 is 2.00 bits per heavy atom. The van der Waals surface area contributed by atoms with E-state index in [0.29, 0.717) is 29.8 Å². The number of aliphatic hydroxyl groups is 1. The fourth-order valence-corrected chi connectivity index (χ4v) is 8.40. The third kappa shape index (κ3) is 3.60. The minimum atomic E-state index is -0.115. The summed E-state index contributed by atoms with van der Waals surface area (Å²) in [5.74, 6) is 3.77. The molecule has 0 aromatic heterocycles. The average molecular weight is 403 g/mol. The molecule has 3 fully saturated rings. The normalized spacial score (nSPS) is 44.9. The molecule has 0 aromatic rings. The number of aliphatic hydroxyl groups excluding tert-OH is 1.